The van der Waals surface area contributed by atoms with Crippen LogP contribution in [-0.4, -0.2) is 43.3 Å². The fourth-order valence-corrected chi connectivity index (χ4v) is 3.38. The van der Waals surface area contributed by atoms with E-state index in [1.165, 1.54) is 45.2 Å². The number of ether oxygens (including phenoxy) is 1. The van der Waals surface area contributed by atoms with Gasteiger partial charge in [-0.15, -0.1) is 0 Å². The molecular formula is C13H26N2O. The molecule has 1 unspecified atom stereocenters. The molecule has 1 atom stereocenters. The zero-order valence-corrected chi connectivity index (χ0v) is 10.7. The minimum atomic E-state index is 0.291. The predicted octanol–water partition coefficient (Wildman–Crippen LogP) is 1.61. The van der Waals surface area contributed by atoms with Crippen LogP contribution >= 0.6 is 0 Å². The third kappa shape index (κ3) is 2.27. The summed E-state index contributed by atoms with van der Waals surface area (Å²) >= 11 is 0. The number of hydrogen-bond acceptors (Lipinski definition) is 3. The highest BCUT2D eigenvalue weighted by molar-refractivity contribution is 4.98. The summed E-state index contributed by atoms with van der Waals surface area (Å²) in [6.45, 7) is 5.66. The molecule has 0 radical (unpaired) electrons. The van der Waals surface area contributed by atoms with Gasteiger partial charge in [0.2, 0.25) is 0 Å². The van der Waals surface area contributed by atoms with E-state index >= 15 is 0 Å². The summed E-state index contributed by atoms with van der Waals surface area (Å²) in [6.07, 6.45) is 6.61. The van der Waals surface area contributed by atoms with Crippen molar-refractivity contribution in [3.8, 4) is 0 Å². The third-order valence-electron chi connectivity index (χ3n) is 4.67. The summed E-state index contributed by atoms with van der Waals surface area (Å²) in [6, 6.07) is 0. The Labute approximate surface area is 99.3 Å². The molecule has 1 aliphatic heterocycles. The van der Waals surface area contributed by atoms with Gasteiger partial charge in [0.15, 0.2) is 0 Å². The monoisotopic (exact) mass is 226 g/mol. The van der Waals surface area contributed by atoms with Gasteiger partial charge in [0.1, 0.15) is 0 Å². The van der Waals surface area contributed by atoms with E-state index in [1.807, 2.05) is 7.11 Å². The van der Waals surface area contributed by atoms with Gasteiger partial charge in [-0.05, 0) is 44.6 Å². The van der Waals surface area contributed by atoms with Crippen molar-refractivity contribution in [3.05, 3.63) is 0 Å². The highest BCUT2D eigenvalue weighted by Crippen LogP contribution is 2.37. The van der Waals surface area contributed by atoms with Gasteiger partial charge in [-0.3, -0.25) is 4.90 Å². The summed E-state index contributed by atoms with van der Waals surface area (Å²) in [5.41, 5.74) is 6.36. The second-order valence-corrected chi connectivity index (χ2v) is 5.70. The van der Waals surface area contributed by atoms with Crippen LogP contribution in [0.3, 0.4) is 0 Å². The highest BCUT2D eigenvalue weighted by Gasteiger charge is 2.41. The second kappa shape index (κ2) is 5.03. The Hall–Kier alpha value is -0.120. The molecule has 3 nitrogen and oxygen atoms in total. The smallest absolute Gasteiger partial charge is 0.0572 e. The van der Waals surface area contributed by atoms with Crippen LogP contribution in [0.2, 0.25) is 0 Å². The van der Waals surface area contributed by atoms with E-state index in [0.29, 0.717) is 11.6 Å². The molecule has 0 bridgehead atoms. The van der Waals surface area contributed by atoms with E-state index < -0.39 is 0 Å². The molecule has 0 amide bonds. The molecule has 0 spiro atoms. The minimum Gasteiger partial charge on any atom is -0.381 e. The molecule has 1 saturated carbocycles. The average molecular weight is 226 g/mol. The van der Waals surface area contributed by atoms with Crippen LogP contribution in [0.5, 0.6) is 0 Å². The zero-order chi connectivity index (χ0) is 11.6. The number of nitrogens with zero attached hydrogens (tertiary/aromatic N) is 1. The Morgan fingerprint density at radius 1 is 1.31 bits per heavy atom. The Balaban J connectivity index is 1.98. The molecule has 1 heterocycles. The fourth-order valence-electron chi connectivity index (χ4n) is 3.38. The molecular weight excluding hydrogens is 200 g/mol. The van der Waals surface area contributed by atoms with E-state index in [4.69, 9.17) is 10.5 Å². The van der Waals surface area contributed by atoms with E-state index in [-0.39, 0.29) is 0 Å². The normalized spacial score (nSPS) is 41.4. The van der Waals surface area contributed by atoms with Gasteiger partial charge >= 0.3 is 0 Å². The van der Waals surface area contributed by atoms with E-state index in [9.17, 15) is 0 Å². The Morgan fingerprint density at radius 2 is 2.00 bits per heavy atom. The van der Waals surface area contributed by atoms with E-state index in [1.54, 1.807) is 0 Å². The summed E-state index contributed by atoms with van der Waals surface area (Å²) in [5, 5.41) is 0. The van der Waals surface area contributed by atoms with Gasteiger partial charge in [-0.1, -0.05) is 6.92 Å². The molecule has 1 saturated heterocycles. The third-order valence-corrected chi connectivity index (χ3v) is 4.67. The van der Waals surface area contributed by atoms with Crippen LogP contribution < -0.4 is 5.73 Å². The fraction of sp³-hybridized carbons (Fsp3) is 1.00. The van der Waals surface area contributed by atoms with Gasteiger partial charge in [0, 0.05) is 25.7 Å². The van der Waals surface area contributed by atoms with Gasteiger partial charge in [-0.25, -0.2) is 0 Å². The van der Waals surface area contributed by atoms with Crippen LogP contribution in [0.15, 0.2) is 0 Å². The van der Waals surface area contributed by atoms with Gasteiger partial charge < -0.3 is 10.5 Å². The molecule has 94 valence electrons. The molecule has 2 aliphatic rings. The van der Waals surface area contributed by atoms with Crippen molar-refractivity contribution in [2.75, 3.05) is 26.7 Å². The Kier molecular flexibility index (Phi) is 3.88. The molecule has 0 aromatic heterocycles. The lowest BCUT2D eigenvalue weighted by Crippen LogP contribution is -2.55. The first-order valence-corrected chi connectivity index (χ1v) is 6.68. The number of rotatable bonds is 3. The molecule has 3 heteroatoms. The number of nitrogens with two attached hydrogens (primary N) is 1. The van der Waals surface area contributed by atoms with E-state index in [0.717, 1.165) is 12.5 Å². The number of methoxy groups -OCH3 is 1. The maximum absolute atomic E-state index is 6.07. The summed E-state index contributed by atoms with van der Waals surface area (Å²) in [5.74, 6) is 0.851. The molecule has 16 heavy (non-hydrogen) atoms. The predicted molar refractivity (Wildman–Crippen MR) is 66.4 cm³/mol. The standard InChI is InChI=1S/C13H26N2O/c1-11-5-8-15(9-11)13(10-14)6-3-12(16-2)4-7-13/h11-12H,3-10,14H2,1-2H3. The Bertz CT molecular complexity index is 224. The maximum atomic E-state index is 6.07. The highest BCUT2D eigenvalue weighted by atomic mass is 16.5. The van der Waals surface area contributed by atoms with Crippen molar-refractivity contribution in [3.63, 3.8) is 0 Å². The first-order chi connectivity index (χ1) is 7.70. The molecule has 2 rings (SSSR count). The molecule has 1 aliphatic carbocycles. The van der Waals surface area contributed by atoms with Gasteiger partial charge in [-0.2, -0.15) is 0 Å². The van der Waals surface area contributed by atoms with Crippen molar-refractivity contribution in [1.82, 2.24) is 4.90 Å². The lowest BCUT2D eigenvalue weighted by molar-refractivity contribution is 0.00133. The molecule has 2 N–H and O–H groups in total. The van der Waals surface area contributed by atoms with Crippen LogP contribution in [-0.2, 0) is 4.74 Å². The summed E-state index contributed by atoms with van der Waals surface area (Å²) in [4.78, 5) is 2.66. The van der Waals surface area contributed by atoms with Crippen LogP contribution in [0, 0.1) is 5.92 Å². The van der Waals surface area contributed by atoms with Crippen LogP contribution in [0.1, 0.15) is 39.0 Å². The lowest BCUT2D eigenvalue weighted by atomic mass is 9.79. The summed E-state index contributed by atoms with van der Waals surface area (Å²) in [7, 11) is 1.83. The molecule has 2 fully saturated rings. The molecule has 0 aromatic rings. The van der Waals surface area contributed by atoms with E-state index in [2.05, 4.69) is 11.8 Å². The first-order valence-electron chi connectivity index (χ1n) is 6.68. The van der Waals surface area contributed by atoms with Gasteiger partial charge in [0.05, 0.1) is 6.10 Å². The van der Waals surface area contributed by atoms with Crippen molar-refractivity contribution in [2.24, 2.45) is 11.7 Å². The number of likely N-dealkylation sites (tertiary alicyclic amines) is 1. The van der Waals surface area contributed by atoms with Crippen molar-refractivity contribution < 1.29 is 4.74 Å². The first kappa shape index (κ1) is 12.3. The van der Waals surface area contributed by atoms with Crippen molar-refractivity contribution in [1.29, 1.82) is 0 Å². The van der Waals surface area contributed by atoms with Crippen molar-refractivity contribution >= 4 is 0 Å². The summed E-state index contributed by atoms with van der Waals surface area (Å²) < 4.78 is 5.45. The average Bonchev–Trinajstić information content (AvgIpc) is 2.76. The SMILES string of the molecule is COC1CCC(CN)(N2CCC(C)C2)CC1. The quantitative estimate of drug-likeness (QED) is 0.794. The lowest BCUT2D eigenvalue weighted by Gasteiger charge is -2.45. The second-order valence-electron chi connectivity index (χ2n) is 5.70. The number of hydrogen-bond donors (Lipinski definition) is 1. The van der Waals surface area contributed by atoms with Crippen LogP contribution in [0.4, 0.5) is 0 Å². The van der Waals surface area contributed by atoms with Crippen molar-refractivity contribution in [2.45, 2.75) is 50.7 Å². The maximum Gasteiger partial charge on any atom is 0.0572 e. The zero-order valence-electron chi connectivity index (χ0n) is 10.7. The van der Waals surface area contributed by atoms with Gasteiger partial charge in [0.25, 0.3) is 0 Å². The topological polar surface area (TPSA) is 38.5 Å². The van der Waals surface area contributed by atoms with Crippen LogP contribution in [0.25, 0.3) is 0 Å². The molecule has 0 aromatic carbocycles. The minimum absolute atomic E-state index is 0.291. The Morgan fingerprint density at radius 3 is 2.44 bits per heavy atom. The largest absolute Gasteiger partial charge is 0.381 e.